The van der Waals surface area contributed by atoms with Crippen molar-refractivity contribution in [2.45, 2.75) is 5.97 Å². The van der Waals surface area contributed by atoms with Crippen molar-refractivity contribution in [3.8, 4) is 0 Å². The molecule has 4 N–H and O–H groups in total. The second kappa shape index (κ2) is 8.98. The van der Waals surface area contributed by atoms with Gasteiger partial charge in [0.15, 0.2) is 0 Å². The van der Waals surface area contributed by atoms with Crippen LogP contribution in [0.1, 0.15) is 0 Å². The number of aliphatic hydroxyl groups is 4. The third-order valence-corrected chi connectivity index (χ3v) is 1.28. The van der Waals surface area contributed by atoms with Gasteiger partial charge in [-0.25, -0.2) is 0 Å². The first-order valence-corrected chi connectivity index (χ1v) is 4.57. The fourth-order valence-electron chi connectivity index (χ4n) is 0.713. The molecule has 0 saturated heterocycles. The molecule has 0 heterocycles. The summed E-state index contributed by atoms with van der Waals surface area (Å²) in [5, 5.41) is 33.6. The Labute approximate surface area is 87.8 Å². The summed E-state index contributed by atoms with van der Waals surface area (Å²) < 4.78 is 14.6. The molecule has 0 aromatic carbocycles. The van der Waals surface area contributed by atoms with Crippen LogP contribution < -0.4 is 0 Å². The van der Waals surface area contributed by atoms with Crippen LogP contribution in [0.3, 0.4) is 0 Å². The topological polar surface area (TPSA) is 109 Å². The number of aliphatic hydroxyl groups excluding tert-OH is 1. The first-order chi connectivity index (χ1) is 7.06. The van der Waals surface area contributed by atoms with Crippen LogP contribution in [-0.4, -0.2) is 72.6 Å². The smallest absolute Gasteiger partial charge is 0.300 e. The number of rotatable bonds is 10. The summed E-state index contributed by atoms with van der Waals surface area (Å²) in [6.07, 6.45) is 0. The highest BCUT2D eigenvalue weighted by atomic mass is 16.7. The van der Waals surface area contributed by atoms with E-state index in [4.69, 9.17) is 29.9 Å². The average Bonchev–Trinajstić information content (AvgIpc) is 2.14. The van der Waals surface area contributed by atoms with Crippen LogP contribution in [-0.2, 0) is 14.2 Å². The van der Waals surface area contributed by atoms with Crippen LogP contribution in [0.2, 0.25) is 0 Å². The lowest BCUT2D eigenvalue weighted by Gasteiger charge is -2.13. The predicted octanol–water partition coefficient (Wildman–Crippen LogP) is -2.34. The Hall–Kier alpha value is -0.280. The molecular formula is C8H18O7. The molecule has 0 unspecified atom stereocenters. The van der Waals surface area contributed by atoms with Crippen molar-refractivity contribution in [1.82, 2.24) is 0 Å². The molecule has 0 aromatic heterocycles. The van der Waals surface area contributed by atoms with E-state index in [2.05, 4.69) is 4.74 Å². The molecule has 92 valence electrons. The molecule has 0 rings (SSSR count). The molecule has 0 aromatic rings. The average molecular weight is 226 g/mol. The zero-order chi connectivity index (χ0) is 11.6. The van der Waals surface area contributed by atoms with Gasteiger partial charge in [-0.1, -0.05) is 0 Å². The van der Waals surface area contributed by atoms with Gasteiger partial charge in [-0.3, -0.25) is 0 Å². The molecular weight excluding hydrogens is 208 g/mol. The van der Waals surface area contributed by atoms with Gasteiger partial charge in [0.2, 0.25) is 0 Å². The number of ether oxygens (including phenoxy) is 3. The second-order valence-electron chi connectivity index (χ2n) is 2.78. The zero-order valence-corrected chi connectivity index (χ0v) is 8.46. The lowest BCUT2D eigenvalue weighted by Crippen LogP contribution is -2.33. The summed E-state index contributed by atoms with van der Waals surface area (Å²) in [4.78, 5) is 0. The van der Waals surface area contributed by atoms with Crippen LogP contribution in [0.4, 0.5) is 0 Å². The Morgan fingerprint density at radius 1 is 0.733 bits per heavy atom. The lowest BCUT2D eigenvalue weighted by atomic mass is 10.6. The van der Waals surface area contributed by atoms with Gasteiger partial charge in [0.25, 0.3) is 5.97 Å². The summed E-state index contributed by atoms with van der Waals surface area (Å²) in [5.41, 5.74) is 0. The second-order valence-corrected chi connectivity index (χ2v) is 2.78. The molecule has 0 atom stereocenters. The first-order valence-electron chi connectivity index (χ1n) is 4.57. The summed E-state index contributed by atoms with van der Waals surface area (Å²) in [5.74, 6) is -2.79. The molecule has 7 nitrogen and oxygen atoms in total. The lowest BCUT2D eigenvalue weighted by molar-refractivity contribution is -0.332. The molecule has 0 amide bonds. The first kappa shape index (κ1) is 14.7. The van der Waals surface area contributed by atoms with Gasteiger partial charge in [-0.05, 0) is 0 Å². The molecule has 0 bridgehead atoms. The third-order valence-electron chi connectivity index (χ3n) is 1.28. The SMILES string of the molecule is OCCOCCOCCOCC(O)(O)O. The van der Waals surface area contributed by atoms with Crippen molar-refractivity contribution >= 4 is 0 Å². The number of hydrogen-bond donors (Lipinski definition) is 4. The largest absolute Gasteiger partial charge is 0.394 e. The van der Waals surface area contributed by atoms with Crippen molar-refractivity contribution in [2.24, 2.45) is 0 Å². The Morgan fingerprint density at radius 3 is 1.67 bits per heavy atom. The molecule has 0 fully saturated rings. The quantitative estimate of drug-likeness (QED) is 0.244. The van der Waals surface area contributed by atoms with Gasteiger partial charge >= 0.3 is 0 Å². The van der Waals surface area contributed by atoms with Crippen molar-refractivity contribution in [1.29, 1.82) is 0 Å². The molecule has 0 radical (unpaired) electrons. The normalized spacial score (nSPS) is 12.0. The molecule has 0 spiro atoms. The maximum absolute atomic E-state index is 8.42. The summed E-state index contributed by atoms with van der Waals surface area (Å²) >= 11 is 0. The van der Waals surface area contributed by atoms with E-state index < -0.39 is 12.6 Å². The fourth-order valence-corrected chi connectivity index (χ4v) is 0.713. The molecule has 0 aliphatic carbocycles. The molecule has 15 heavy (non-hydrogen) atoms. The van der Waals surface area contributed by atoms with E-state index in [1.807, 2.05) is 0 Å². The van der Waals surface area contributed by atoms with Crippen molar-refractivity contribution in [3.05, 3.63) is 0 Å². The zero-order valence-electron chi connectivity index (χ0n) is 8.46. The predicted molar refractivity (Wildman–Crippen MR) is 48.9 cm³/mol. The maximum atomic E-state index is 8.42. The van der Waals surface area contributed by atoms with E-state index in [1.54, 1.807) is 0 Å². The Balaban J connectivity index is 2.99. The maximum Gasteiger partial charge on any atom is 0.300 e. The van der Waals surface area contributed by atoms with Gasteiger partial charge in [-0.2, -0.15) is 0 Å². The summed E-state index contributed by atoms with van der Waals surface area (Å²) in [6, 6.07) is 0. The van der Waals surface area contributed by atoms with Crippen LogP contribution in [0.5, 0.6) is 0 Å². The third kappa shape index (κ3) is 13.7. The van der Waals surface area contributed by atoms with Crippen LogP contribution in [0.25, 0.3) is 0 Å². The minimum atomic E-state index is -2.79. The highest BCUT2D eigenvalue weighted by molar-refractivity contribution is 4.42. The van der Waals surface area contributed by atoms with E-state index in [9.17, 15) is 0 Å². The molecule has 0 aliphatic rings. The van der Waals surface area contributed by atoms with Gasteiger partial charge in [0.05, 0.1) is 39.6 Å². The fraction of sp³-hybridized carbons (Fsp3) is 1.00. The number of hydrogen-bond acceptors (Lipinski definition) is 7. The van der Waals surface area contributed by atoms with E-state index in [-0.39, 0.29) is 26.4 Å². The Bertz CT molecular complexity index is 133. The van der Waals surface area contributed by atoms with E-state index in [0.717, 1.165) is 0 Å². The highest BCUT2D eigenvalue weighted by Gasteiger charge is 2.17. The monoisotopic (exact) mass is 226 g/mol. The molecule has 0 saturated carbocycles. The van der Waals surface area contributed by atoms with Crippen molar-refractivity contribution in [3.63, 3.8) is 0 Å². The van der Waals surface area contributed by atoms with E-state index >= 15 is 0 Å². The van der Waals surface area contributed by atoms with Crippen molar-refractivity contribution < 1.29 is 34.6 Å². The minimum absolute atomic E-state index is 0.0192. The van der Waals surface area contributed by atoms with Gasteiger partial charge < -0.3 is 34.6 Å². The molecule has 0 aliphatic heterocycles. The Kier molecular flexibility index (Phi) is 8.82. The van der Waals surface area contributed by atoms with Gasteiger partial charge in [0, 0.05) is 0 Å². The summed E-state index contributed by atoms with van der Waals surface area (Å²) in [7, 11) is 0. The van der Waals surface area contributed by atoms with Crippen LogP contribution in [0, 0.1) is 0 Å². The van der Waals surface area contributed by atoms with E-state index in [0.29, 0.717) is 13.2 Å². The standard InChI is InChI=1S/C8H18O7/c9-1-2-13-3-4-14-5-6-15-7-8(10,11)12/h9-12H,1-7H2. The van der Waals surface area contributed by atoms with E-state index in [1.165, 1.54) is 0 Å². The van der Waals surface area contributed by atoms with Gasteiger partial charge in [0.1, 0.15) is 6.61 Å². The highest BCUT2D eigenvalue weighted by Crippen LogP contribution is 1.92. The molecule has 7 heteroatoms. The Morgan fingerprint density at radius 2 is 1.20 bits per heavy atom. The van der Waals surface area contributed by atoms with Crippen molar-refractivity contribution in [2.75, 3.05) is 46.2 Å². The minimum Gasteiger partial charge on any atom is -0.394 e. The van der Waals surface area contributed by atoms with Gasteiger partial charge in [-0.15, -0.1) is 0 Å². The van der Waals surface area contributed by atoms with Crippen LogP contribution >= 0.6 is 0 Å². The van der Waals surface area contributed by atoms with Crippen LogP contribution in [0.15, 0.2) is 0 Å². The summed E-state index contributed by atoms with van der Waals surface area (Å²) in [6.45, 7) is 0.826.